The minimum atomic E-state index is -1.17. The number of nitrogens with one attached hydrogen (secondary N) is 1. The molecular weight excluding hydrogens is 286 g/mol. The molecule has 22 heavy (non-hydrogen) atoms. The molecule has 4 N–H and O–H groups in total. The Balaban J connectivity index is 2.17. The van der Waals surface area contributed by atoms with Gasteiger partial charge in [-0.15, -0.1) is 0 Å². The Kier molecular flexibility index (Phi) is 4.88. The first-order valence-corrected chi connectivity index (χ1v) is 6.55. The molecular formula is C16H15NO5. The lowest BCUT2D eigenvalue weighted by Crippen LogP contribution is -2.16. The van der Waals surface area contributed by atoms with Gasteiger partial charge in [-0.1, -0.05) is 24.3 Å². The Bertz CT molecular complexity index is 681. The second kappa shape index (κ2) is 6.84. The summed E-state index contributed by atoms with van der Waals surface area (Å²) in [6, 6.07) is 12.2. The Morgan fingerprint density at radius 3 is 2.14 bits per heavy atom. The monoisotopic (exact) mass is 301 g/mol. The predicted octanol–water partition coefficient (Wildman–Crippen LogP) is 1.66. The number of hydrogen-bond acceptors (Lipinski definition) is 4. The summed E-state index contributed by atoms with van der Waals surface area (Å²) in [6.07, 6.45) is -0.975. The highest BCUT2D eigenvalue weighted by Gasteiger charge is 2.16. The van der Waals surface area contributed by atoms with Crippen LogP contribution in [0, 0.1) is 0 Å². The van der Waals surface area contributed by atoms with Crippen LogP contribution in [0.3, 0.4) is 0 Å². The molecule has 0 saturated carbocycles. The molecule has 0 aromatic heterocycles. The van der Waals surface area contributed by atoms with Crippen LogP contribution in [0.15, 0.2) is 48.5 Å². The van der Waals surface area contributed by atoms with E-state index in [1.807, 2.05) is 0 Å². The molecule has 0 radical (unpaired) electrons. The summed E-state index contributed by atoms with van der Waals surface area (Å²) in [7, 11) is 0. The summed E-state index contributed by atoms with van der Waals surface area (Å²) in [6.45, 7) is -0.391. The van der Waals surface area contributed by atoms with Crippen LogP contribution >= 0.6 is 0 Å². The van der Waals surface area contributed by atoms with Gasteiger partial charge in [0.2, 0.25) is 0 Å². The van der Waals surface area contributed by atoms with E-state index in [-0.39, 0.29) is 11.1 Å². The number of rotatable bonds is 5. The van der Waals surface area contributed by atoms with E-state index in [1.54, 1.807) is 36.4 Å². The highest BCUT2D eigenvalue weighted by atomic mass is 16.4. The molecule has 1 unspecified atom stereocenters. The Labute approximate surface area is 126 Å². The number of hydrogen-bond donors (Lipinski definition) is 4. The highest BCUT2D eigenvalue weighted by Crippen LogP contribution is 2.17. The van der Waals surface area contributed by atoms with Gasteiger partial charge in [-0.05, 0) is 29.8 Å². The van der Waals surface area contributed by atoms with Crippen LogP contribution in [-0.4, -0.2) is 33.8 Å². The molecule has 0 saturated heterocycles. The van der Waals surface area contributed by atoms with Crippen LogP contribution in [0.25, 0.3) is 0 Å². The van der Waals surface area contributed by atoms with E-state index in [2.05, 4.69) is 5.32 Å². The van der Waals surface area contributed by atoms with E-state index in [0.717, 1.165) is 0 Å². The lowest BCUT2D eigenvalue weighted by molar-refractivity contribution is 0.0692. The van der Waals surface area contributed by atoms with Crippen LogP contribution in [-0.2, 0) is 0 Å². The molecule has 0 spiro atoms. The predicted molar refractivity (Wildman–Crippen MR) is 79.8 cm³/mol. The number of anilines is 1. The number of carboxylic acids is 1. The Morgan fingerprint density at radius 2 is 1.59 bits per heavy atom. The fourth-order valence-electron chi connectivity index (χ4n) is 1.96. The van der Waals surface area contributed by atoms with Crippen molar-refractivity contribution in [1.29, 1.82) is 0 Å². The summed E-state index contributed by atoms with van der Waals surface area (Å²) in [5.74, 6) is -1.71. The fourth-order valence-corrected chi connectivity index (χ4v) is 1.96. The van der Waals surface area contributed by atoms with Gasteiger partial charge in [-0.2, -0.15) is 0 Å². The number of carboxylic acid groups (broad SMARTS) is 1. The van der Waals surface area contributed by atoms with Crippen molar-refractivity contribution in [3.05, 3.63) is 65.2 Å². The molecule has 2 rings (SSSR count). The number of carbonyl (C=O) groups is 2. The molecule has 114 valence electrons. The van der Waals surface area contributed by atoms with Crippen LogP contribution in [0.5, 0.6) is 0 Å². The average Bonchev–Trinajstić information content (AvgIpc) is 2.54. The largest absolute Gasteiger partial charge is 0.478 e. The molecule has 2 aromatic carbocycles. The third kappa shape index (κ3) is 3.49. The van der Waals surface area contributed by atoms with E-state index < -0.39 is 24.6 Å². The Hall–Kier alpha value is -2.70. The van der Waals surface area contributed by atoms with Crippen LogP contribution in [0.1, 0.15) is 32.4 Å². The zero-order valence-electron chi connectivity index (χ0n) is 11.6. The van der Waals surface area contributed by atoms with Gasteiger partial charge in [0.1, 0.15) is 6.10 Å². The van der Waals surface area contributed by atoms with Crippen LogP contribution in [0.4, 0.5) is 5.69 Å². The first-order chi connectivity index (χ1) is 10.5. The highest BCUT2D eigenvalue weighted by molar-refractivity contribution is 6.10. The molecule has 6 heteroatoms. The number of carbonyl (C=O) groups excluding carboxylic acids is 1. The van der Waals surface area contributed by atoms with Crippen LogP contribution in [0.2, 0.25) is 0 Å². The first-order valence-electron chi connectivity index (χ1n) is 6.55. The minimum absolute atomic E-state index is 0.0643. The fraction of sp³-hybridized carbons (Fsp3) is 0.125. The molecule has 0 aliphatic heterocycles. The third-order valence-electron chi connectivity index (χ3n) is 3.13. The van der Waals surface area contributed by atoms with Gasteiger partial charge in [0, 0.05) is 5.69 Å². The summed E-state index contributed by atoms with van der Waals surface area (Å²) < 4.78 is 0. The van der Waals surface area contributed by atoms with Gasteiger partial charge in [0.05, 0.1) is 17.7 Å². The van der Waals surface area contributed by atoms with Gasteiger partial charge in [-0.3, -0.25) is 4.79 Å². The third-order valence-corrected chi connectivity index (χ3v) is 3.13. The summed E-state index contributed by atoms with van der Waals surface area (Å²) >= 11 is 0. The quantitative estimate of drug-likeness (QED) is 0.672. The maximum absolute atomic E-state index is 12.2. The summed E-state index contributed by atoms with van der Waals surface area (Å²) in [4.78, 5) is 23.3. The molecule has 1 atom stereocenters. The molecule has 0 aliphatic carbocycles. The smallest absolute Gasteiger partial charge is 0.336 e. The van der Waals surface area contributed by atoms with Crippen molar-refractivity contribution in [2.75, 3.05) is 11.9 Å². The Morgan fingerprint density at radius 1 is 1.00 bits per heavy atom. The van der Waals surface area contributed by atoms with Gasteiger partial charge >= 0.3 is 5.97 Å². The zero-order chi connectivity index (χ0) is 16.1. The molecule has 2 aromatic rings. The molecule has 0 aliphatic rings. The lowest BCUT2D eigenvalue weighted by atomic mass is 10.1. The molecule has 6 nitrogen and oxygen atoms in total. The van der Waals surface area contributed by atoms with Gasteiger partial charge in [-0.25, -0.2) is 4.79 Å². The van der Waals surface area contributed by atoms with Gasteiger partial charge in [0.25, 0.3) is 5.91 Å². The van der Waals surface area contributed by atoms with E-state index in [4.69, 9.17) is 10.2 Å². The molecule has 1 amide bonds. The summed E-state index contributed by atoms with van der Waals surface area (Å²) in [5.41, 5.74) is 0.965. The number of amides is 1. The van der Waals surface area contributed by atoms with E-state index >= 15 is 0 Å². The van der Waals surface area contributed by atoms with Gasteiger partial charge in [0.15, 0.2) is 0 Å². The number of aliphatic hydroxyl groups excluding tert-OH is 2. The molecule has 0 bridgehead atoms. The van der Waals surface area contributed by atoms with Crippen molar-refractivity contribution in [2.45, 2.75) is 6.10 Å². The minimum Gasteiger partial charge on any atom is -0.478 e. The topological polar surface area (TPSA) is 107 Å². The maximum atomic E-state index is 12.2. The standard InChI is InChI=1S/C16H15NO5/c18-9-14(19)10-5-7-11(8-6-10)17-15(20)12-3-1-2-4-13(12)16(21)22/h1-8,14,18-19H,9H2,(H,17,20)(H,21,22). The van der Waals surface area contributed by atoms with Crippen molar-refractivity contribution in [2.24, 2.45) is 0 Å². The molecule has 0 fully saturated rings. The molecule has 0 heterocycles. The maximum Gasteiger partial charge on any atom is 0.336 e. The number of aliphatic hydroxyl groups is 2. The lowest BCUT2D eigenvalue weighted by Gasteiger charge is -2.10. The van der Waals surface area contributed by atoms with E-state index in [1.165, 1.54) is 12.1 Å². The number of benzene rings is 2. The first kappa shape index (κ1) is 15.7. The van der Waals surface area contributed by atoms with Crippen molar-refractivity contribution >= 4 is 17.6 Å². The van der Waals surface area contributed by atoms with Gasteiger partial charge < -0.3 is 20.6 Å². The second-order valence-electron chi connectivity index (χ2n) is 4.63. The average molecular weight is 301 g/mol. The SMILES string of the molecule is O=C(O)c1ccccc1C(=O)Nc1ccc(C(O)CO)cc1. The van der Waals surface area contributed by atoms with E-state index in [0.29, 0.717) is 11.3 Å². The zero-order valence-corrected chi connectivity index (χ0v) is 11.6. The van der Waals surface area contributed by atoms with Crippen molar-refractivity contribution in [3.63, 3.8) is 0 Å². The van der Waals surface area contributed by atoms with Crippen molar-refractivity contribution < 1.29 is 24.9 Å². The normalized spacial score (nSPS) is 11.7. The second-order valence-corrected chi connectivity index (χ2v) is 4.63. The van der Waals surface area contributed by atoms with Crippen molar-refractivity contribution in [3.8, 4) is 0 Å². The van der Waals surface area contributed by atoms with E-state index in [9.17, 15) is 14.7 Å². The van der Waals surface area contributed by atoms with Crippen LogP contribution < -0.4 is 5.32 Å². The van der Waals surface area contributed by atoms with Crippen molar-refractivity contribution in [1.82, 2.24) is 0 Å². The number of aromatic carboxylic acids is 1. The summed E-state index contributed by atoms with van der Waals surface area (Å²) in [5, 5.41) is 30.0.